The van der Waals surface area contributed by atoms with Crippen molar-refractivity contribution in [1.82, 2.24) is 20.0 Å². The van der Waals surface area contributed by atoms with E-state index in [1.807, 2.05) is 11.0 Å². The van der Waals surface area contributed by atoms with Crippen molar-refractivity contribution in [2.45, 2.75) is 13.3 Å². The molecule has 2 aromatic rings. The molecule has 0 N–H and O–H groups in total. The van der Waals surface area contributed by atoms with E-state index in [9.17, 15) is 4.79 Å². The topological polar surface area (TPSA) is 84.6 Å². The number of carbonyl (C=O) groups excluding carboxylic acids is 1. The highest BCUT2D eigenvalue weighted by Crippen LogP contribution is 2.35. The zero-order valence-corrected chi connectivity index (χ0v) is 14.2. The Labute approximate surface area is 145 Å². The third-order valence-electron chi connectivity index (χ3n) is 4.85. The molecular formula is C17H21N5O3. The van der Waals surface area contributed by atoms with E-state index in [1.54, 1.807) is 25.4 Å². The SMILES string of the molecule is Cc1cc(C(=O)N2CCOCC3(CCN(c4ncccn4)C3)C2)no1. The van der Waals surface area contributed by atoms with E-state index in [4.69, 9.17) is 9.26 Å². The van der Waals surface area contributed by atoms with Gasteiger partial charge in [-0.25, -0.2) is 9.97 Å². The maximum atomic E-state index is 12.8. The predicted molar refractivity (Wildman–Crippen MR) is 89.3 cm³/mol. The van der Waals surface area contributed by atoms with Crippen molar-refractivity contribution in [3.8, 4) is 0 Å². The standard InChI is InChI=1S/C17H21N5O3/c1-13-9-14(20-25-13)15(23)21-7-8-24-12-17(10-21)3-6-22(11-17)16-18-4-2-5-19-16/h2,4-5,9H,3,6-8,10-12H2,1H3. The molecule has 25 heavy (non-hydrogen) atoms. The first-order chi connectivity index (χ1) is 12.2. The fraction of sp³-hybridized carbons (Fsp3) is 0.529. The lowest BCUT2D eigenvalue weighted by Crippen LogP contribution is -2.43. The maximum Gasteiger partial charge on any atom is 0.276 e. The smallest absolute Gasteiger partial charge is 0.276 e. The van der Waals surface area contributed by atoms with Crippen LogP contribution in [-0.2, 0) is 4.74 Å². The summed E-state index contributed by atoms with van der Waals surface area (Å²) in [5, 5.41) is 3.86. The highest BCUT2D eigenvalue weighted by atomic mass is 16.5. The van der Waals surface area contributed by atoms with Gasteiger partial charge in [0.25, 0.3) is 5.91 Å². The highest BCUT2D eigenvalue weighted by molar-refractivity contribution is 5.92. The van der Waals surface area contributed by atoms with Crippen LogP contribution in [-0.4, -0.2) is 65.3 Å². The van der Waals surface area contributed by atoms with E-state index < -0.39 is 0 Å². The molecule has 0 bridgehead atoms. The molecule has 2 saturated heterocycles. The van der Waals surface area contributed by atoms with E-state index in [-0.39, 0.29) is 11.3 Å². The van der Waals surface area contributed by atoms with Crippen molar-refractivity contribution >= 4 is 11.9 Å². The highest BCUT2D eigenvalue weighted by Gasteiger charge is 2.43. The molecule has 2 fully saturated rings. The zero-order valence-electron chi connectivity index (χ0n) is 14.2. The Kier molecular flexibility index (Phi) is 4.12. The molecule has 2 aliphatic heterocycles. The summed E-state index contributed by atoms with van der Waals surface area (Å²) in [6.07, 6.45) is 4.44. The molecule has 2 aliphatic rings. The normalized spacial score (nSPS) is 23.9. The molecule has 132 valence electrons. The quantitative estimate of drug-likeness (QED) is 0.808. The number of carbonyl (C=O) groups is 1. The number of aromatic nitrogens is 3. The first-order valence-corrected chi connectivity index (χ1v) is 8.48. The van der Waals surface area contributed by atoms with Crippen molar-refractivity contribution in [2.24, 2.45) is 5.41 Å². The van der Waals surface area contributed by atoms with Crippen molar-refractivity contribution in [3.63, 3.8) is 0 Å². The predicted octanol–water partition coefficient (Wildman–Crippen LogP) is 1.14. The fourth-order valence-corrected chi connectivity index (χ4v) is 3.60. The fourth-order valence-electron chi connectivity index (χ4n) is 3.60. The number of aryl methyl sites for hydroxylation is 1. The van der Waals surface area contributed by atoms with Gasteiger partial charge in [-0.1, -0.05) is 5.16 Å². The minimum absolute atomic E-state index is 0.101. The third-order valence-corrected chi connectivity index (χ3v) is 4.85. The second-order valence-corrected chi connectivity index (χ2v) is 6.82. The third kappa shape index (κ3) is 3.21. The number of nitrogens with zero attached hydrogens (tertiary/aromatic N) is 5. The molecule has 4 rings (SSSR count). The maximum absolute atomic E-state index is 12.8. The van der Waals surface area contributed by atoms with Crippen molar-refractivity contribution < 1.29 is 14.1 Å². The Bertz CT molecular complexity index is 750. The van der Waals surface area contributed by atoms with E-state index in [0.717, 1.165) is 25.5 Å². The van der Waals surface area contributed by atoms with Crippen LogP contribution in [0.4, 0.5) is 5.95 Å². The average Bonchev–Trinajstić information content (AvgIpc) is 3.18. The second kappa shape index (κ2) is 6.44. The Morgan fingerprint density at radius 3 is 2.84 bits per heavy atom. The molecule has 1 atom stereocenters. The molecule has 8 nitrogen and oxygen atoms in total. The van der Waals surface area contributed by atoms with Gasteiger partial charge in [0.05, 0.1) is 13.2 Å². The molecule has 2 aromatic heterocycles. The van der Waals surface area contributed by atoms with Crippen LogP contribution in [0.1, 0.15) is 22.7 Å². The summed E-state index contributed by atoms with van der Waals surface area (Å²) in [6.45, 7) is 5.79. The Morgan fingerprint density at radius 1 is 1.24 bits per heavy atom. The number of ether oxygens (including phenoxy) is 1. The van der Waals surface area contributed by atoms with Crippen LogP contribution in [0.15, 0.2) is 29.0 Å². The Balaban J connectivity index is 1.51. The van der Waals surface area contributed by atoms with Crippen molar-refractivity contribution in [2.75, 3.05) is 44.3 Å². The summed E-state index contributed by atoms with van der Waals surface area (Å²) in [4.78, 5) is 25.4. The Morgan fingerprint density at radius 2 is 2.08 bits per heavy atom. The van der Waals surface area contributed by atoms with Crippen LogP contribution in [0.2, 0.25) is 0 Å². The molecule has 0 aliphatic carbocycles. The summed E-state index contributed by atoms with van der Waals surface area (Å²) >= 11 is 0. The van der Waals surface area contributed by atoms with Gasteiger partial charge < -0.3 is 19.1 Å². The van der Waals surface area contributed by atoms with Gasteiger partial charge in [-0.05, 0) is 19.4 Å². The second-order valence-electron chi connectivity index (χ2n) is 6.82. The molecule has 0 saturated carbocycles. The van der Waals surface area contributed by atoms with Gasteiger partial charge in [0.1, 0.15) is 5.76 Å². The van der Waals surface area contributed by atoms with Gasteiger partial charge >= 0.3 is 0 Å². The van der Waals surface area contributed by atoms with Crippen LogP contribution in [0.5, 0.6) is 0 Å². The lowest BCUT2D eigenvalue weighted by molar-refractivity contribution is 0.0682. The summed E-state index contributed by atoms with van der Waals surface area (Å²) in [6, 6.07) is 3.49. The van der Waals surface area contributed by atoms with E-state index in [2.05, 4.69) is 20.0 Å². The molecule has 1 unspecified atom stereocenters. The summed E-state index contributed by atoms with van der Waals surface area (Å²) in [5.41, 5.74) is 0.250. The molecule has 1 spiro atoms. The largest absolute Gasteiger partial charge is 0.379 e. The first kappa shape index (κ1) is 16.0. The van der Waals surface area contributed by atoms with E-state index in [0.29, 0.717) is 37.8 Å². The number of rotatable bonds is 2. The van der Waals surface area contributed by atoms with Gasteiger partial charge in [-0.2, -0.15) is 0 Å². The van der Waals surface area contributed by atoms with Crippen molar-refractivity contribution in [1.29, 1.82) is 0 Å². The summed E-state index contributed by atoms with van der Waals surface area (Å²) < 4.78 is 10.9. The van der Waals surface area contributed by atoms with Gasteiger partial charge in [0.15, 0.2) is 5.69 Å². The Hall–Kier alpha value is -2.48. The minimum Gasteiger partial charge on any atom is -0.379 e. The minimum atomic E-state index is -0.107. The summed E-state index contributed by atoms with van der Waals surface area (Å²) in [5.74, 6) is 1.27. The molecule has 0 radical (unpaired) electrons. The van der Waals surface area contributed by atoms with Gasteiger partial charge in [0, 0.05) is 50.1 Å². The lowest BCUT2D eigenvalue weighted by Gasteiger charge is -2.31. The number of hydrogen-bond donors (Lipinski definition) is 0. The number of anilines is 1. The summed E-state index contributed by atoms with van der Waals surface area (Å²) in [7, 11) is 0. The molecule has 4 heterocycles. The monoisotopic (exact) mass is 343 g/mol. The van der Waals surface area contributed by atoms with Gasteiger partial charge in [-0.3, -0.25) is 4.79 Å². The molecular weight excluding hydrogens is 322 g/mol. The van der Waals surface area contributed by atoms with Crippen LogP contribution < -0.4 is 4.90 Å². The number of amides is 1. The average molecular weight is 343 g/mol. The van der Waals surface area contributed by atoms with E-state index in [1.165, 1.54) is 0 Å². The van der Waals surface area contributed by atoms with Crippen LogP contribution >= 0.6 is 0 Å². The lowest BCUT2D eigenvalue weighted by atomic mass is 9.87. The van der Waals surface area contributed by atoms with Gasteiger partial charge in [0.2, 0.25) is 5.95 Å². The van der Waals surface area contributed by atoms with Crippen LogP contribution in [0.3, 0.4) is 0 Å². The van der Waals surface area contributed by atoms with Crippen LogP contribution in [0.25, 0.3) is 0 Å². The molecule has 8 heteroatoms. The number of hydrogen-bond acceptors (Lipinski definition) is 7. The van der Waals surface area contributed by atoms with Crippen molar-refractivity contribution in [3.05, 3.63) is 36.0 Å². The zero-order chi connectivity index (χ0) is 17.3. The van der Waals surface area contributed by atoms with E-state index >= 15 is 0 Å². The molecule has 1 amide bonds. The molecule has 0 aromatic carbocycles. The van der Waals surface area contributed by atoms with Crippen LogP contribution in [0, 0.1) is 12.3 Å². The first-order valence-electron chi connectivity index (χ1n) is 8.48. The van der Waals surface area contributed by atoms with Gasteiger partial charge in [-0.15, -0.1) is 0 Å².